The van der Waals surface area contributed by atoms with Crippen molar-refractivity contribution in [3.05, 3.63) is 82.9 Å². The van der Waals surface area contributed by atoms with Gasteiger partial charge in [0.2, 0.25) is 0 Å². The molecule has 0 spiro atoms. The second-order valence-electron chi connectivity index (χ2n) is 13.7. The summed E-state index contributed by atoms with van der Waals surface area (Å²) in [5, 5.41) is 0. The molecule has 0 aliphatic heterocycles. The first-order valence-electron chi connectivity index (χ1n) is 18.4. The highest BCUT2D eigenvalue weighted by Gasteiger charge is 2.25. The van der Waals surface area contributed by atoms with E-state index in [9.17, 15) is 16.8 Å². The molecule has 3 aromatic rings. The van der Waals surface area contributed by atoms with Gasteiger partial charge in [0.05, 0.1) is 21.3 Å². The SMILES string of the molecule is CCCCCCCCS(=O)(=O)c1cc(/C=C/c2ccc(N(C)C)cc2)c(S(=O)(=O)CCCCCCCC)cc1/C=C/c1ccc(N(C)C)cc1. The molecule has 0 N–H and O–H groups in total. The standard InChI is InChI=1S/C42H60N2O4S2/c1-7-9-11-13-15-17-31-49(45,46)41-33-38(26-20-36-23-29-40(30-24-36)44(5)6)42(50(47,48)32-18-16-14-12-10-8-2)34-37(41)25-19-35-21-27-39(28-22-35)43(3)4/h19-30,33-34H,7-18,31-32H2,1-6H3/b25-19+,26-20+. The van der Waals surface area contributed by atoms with Crippen LogP contribution in [0.5, 0.6) is 0 Å². The predicted molar refractivity (Wildman–Crippen MR) is 217 cm³/mol. The topological polar surface area (TPSA) is 74.8 Å². The zero-order valence-electron chi connectivity index (χ0n) is 31.3. The predicted octanol–water partition coefficient (Wildman–Crippen LogP) is 10.4. The summed E-state index contributed by atoms with van der Waals surface area (Å²) >= 11 is 0. The van der Waals surface area contributed by atoms with Crippen LogP contribution >= 0.6 is 0 Å². The van der Waals surface area contributed by atoms with Crippen LogP contribution in [0.1, 0.15) is 113 Å². The van der Waals surface area contributed by atoms with E-state index in [1.54, 1.807) is 24.3 Å². The van der Waals surface area contributed by atoms with Crippen LogP contribution in [0.3, 0.4) is 0 Å². The van der Waals surface area contributed by atoms with E-state index >= 15 is 0 Å². The van der Waals surface area contributed by atoms with Crippen molar-refractivity contribution < 1.29 is 16.8 Å². The molecule has 8 heteroatoms. The van der Waals surface area contributed by atoms with Gasteiger partial charge < -0.3 is 9.80 Å². The Hall–Kier alpha value is -3.36. The van der Waals surface area contributed by atoms with Gasteiger partial charge in [-0.25, -0.2) is 16.8 Å². The molecule has 6 nitrogen and oxygen atoms in total. The van der Waals surface area contributed by atoms with Crippen molar-refractivity contribution in [1.82, 2.24) is 0 Å². The maximum Gasteiger partial charge on any atom is 0.178 e. The Bertz CT molecular complexity index is 1610. The molecule has 274 valence electrons. The average molecular weight is 721 g/mol. The van der Waals surface area contributed by atoms with E-state index in [2.05, 4.69) is 13.8 Å². The van der Waals surface area contributed by atoms with Crippen molar-refractivity contribution in [2.24, 2.45) is 0 Å². The first-order valence-corrected chi connectivity index (χ1v) is 21.7. The molecule has 0 aliphatic carbocycles. The van der Waals surface area contributed by atoms with Crippen LogP contribution in [0.25, 0.3) is 24.3 Å². The van der Waals surface area contributed by atoms with E-state index in [4.69, 9.17) is 0 Å². The van der Waals surface area contributed by atoms with Crippen molar-refractivity contribution >= 4 is 55.4 Å². The van der Waals surface area contributed by atoms with Gasteiger partial charge in [-0.3, -0.25) is 0 Å². The van der Waals surface area contributed by atoms with Crippen LogP contribution in [-0.4, -0.2) is 56.5 Å². The Morgan fingerprint density at radius 1 is 0.460 bits per heavy atom. The van der Waals surface area contributed by atoms with Gasteiger partial charge in [0, 0.05) is 39.6 Å². The van der Waals surface area contributed by atoms with E-state index in [0.717, 1.165) is 86.7 Å². The molecule has 0 bridgehead atoms. The van der Waals surface area contributed by atoms with Crippen molar-refractivity contribution in [2.75, 3.05) is 49.5 Å². The summed E-state index contributed by atoms with van der Waals surface area (Å²) in [6.07, 6.45) is 18.9. The lowest BCUT2D eigenvalue weighted by atomic mass is 10.1. The molecular formula is C42H60N2O4S2. The van der Waals surface area contributed by atoms with Gasteiger partial charge in [-0.05, 0) is 71.5 Å². The zero-order valence-corrected chi connectivity index (χ0v) is 33.0. The number of anilines is 2. The molecular weight excluding hydrogens is 661 g/mol. The van der Waals surface area contributed by atoms with Gasteiger partial charge >= 0.3 is 0 Å². The summed E-state index contributed by atoms with van der Waals surface area (Å²) in [7, 11) is 0.498. The van der Waals surface area contributed by atoms with Gasteiger partial charge in [-0.2, -0.15) is 0 Å². The molecule has 0 heterocycles. The van der Waals surface area contributed by atoms with Crippen LogP contribution < -0.4 is 9.80 Å². The van der Waals surface area contributed by atoms with Crippen molar-refractivity contribution in [2.45, 2.75) is 101 Å². The molecule has 0 radical (unpaired) electrons. The molecule has 50 heavy (non-hydrogen) atoms. The lowest BCUT2D eigenvalue weighted by Crippen LogP contribution is -2.13. The Labute approximate surface area is 304 Å². The molecule has 3 rings (SSSR count). The van der Waals surface area contributed by atoms with Gasteiger partial charge in [-0.1, -0.05) is 127 Å². The van der Waals surface area contributed by atoms with Gasteiger partial charge in [0.25, 0.3) is 0 Å². The molecule has 0 aromatic heterocycles. The summed E-state index contributed by atoms with van der Waals surface area (Å²) in [4.78, 5) is 4.38. The monoisotopic (exact) mass is 720 g/mol. The van der Waals surface area contributed by atoms with Gasteiger partial charge in [0.1, 0.15) is 0 Å². The van der Waals surface area contributed by atoms with Gasteiger partial charge in [-0.15, -0.1) is 0 Å². The molecule has 0 saturated heterocycles. The zero-order chi connectivity index (χ0) is 36.6. The fourth-order valence-electron chi connectivity index (χ4n) is 5.89. The van der Waals surface area contributed by atoms with Crippen LogP contribution in [0.15, 0.2) is 70.5 Å². The number of unbranched alkanes of at least 4 members (excludes halogenated alkanes) is 10. The normalized spacial score (nSPS) is 12.3. The quantitative estimate of drug-likeness (QED) is 0.0760. The third kappa shape index (κ3) is 13.1. The first-order chi connectivity index (χ1) is 23.9. The summed E-state index contributed by atoms with van der Waals surface area (Å²) in [6, 6.07) is 19.1. The number of hydrogen-bond donors (Lipinski definition) is 0. The lowest BCUT2D eigenvalue weighted by molar-refractivity contribution is 0.580. The van der Waals surface area contributed by atoms with Crippen LogP contribution in [-0.2, 0) is 19.7 Å². The molecule has 3 aromatic carbocycles. The number of nitrogens with zero attached hydrogens (tertiary/aromatic N) is 2. The number of sulfone groups is 2. The summed E-state index contributed by atoms with van der Waals surface area (Å²) in [5.74, 6) is 0.0486. The first kappa shape index (κ1) is 41.1. The van der Waals surface area contributed by atoms with Gasteiger partial charge in [0.15, 0.2) is 19.7 Å². The van der Waals surface area contributed by atoms with Crippen molar-refractivity contribution in [3.63, 3.8) is 0 Å². The molecule has 0 unspecified atom stereocenters. The van der Waals surface area contributed by atoms with Crippen LogP contribution in [0.4, 0.5) is 11.4 Å². The highest BCUT2D eigenvalue weighted by atomic mass is 32.2. The van der Waals surface area contributed by atoms with E-state index < -0.39 is 19.7 Å². The summed E-state index contributed by atoms with van der Waals surface area (Å²) in [6.45, 7) is 4.33. The molecule has 0 amide bonds. The molecule has 0 fully saturated rings. The highest BCUT2D eigenvalue weighted by Crippen LogP contribution is 2.31. The largest absolute Gasteiger partial charge is 0.378 e. The maximum atomic E-state index is 14.0. The maximum absolute atomic E-state index is 14.0. The Morgan fingerprint density at radius 3 is 1.10 bits per heavy atom. The Kier molecular flexibility index (Phi) is 16.8. The smallest absolute Gasteiger partial charge is 0.178 e. The second kappa shape index (κ2) is 20.5. The van der Waals surface area contributed by atoms with E-state index in [1.165, 1.54) is 0 Å². The van der Waals surface area contributed by atoms with E-state index in [0.29, 0.717) is 24.0 Å². The number of hydrogen-bond acceptors (Lipinski definition) is 6. The summed E-state index contributed by atoms with van der Waals surface area (Å²) < 4.78 is 56.2. The van der Waals surface area contributed by atoms with E-state index in [-0.39, 0.29) is 21.3 Å². The average Bonchev–Trinajstić information content (AvgIpc) is 3.09. The van der Waals surface area contributed by atoms with Crippen LogP contribution in [0.2, 0.25) is 0 Å². The second-order valence-corrected chi connectivity index (χ2v) is 17.9. The van der Waals surface area contributed by atoms with Crippen LogP contribution in [0, 0.1) is 0 Å². The number of benzene rings is 3. The lowest BCUT2D eigenvalue weighted by Gasteiger charge is -2.15. The Balaban J connectivity index is 2.11. The molecule has 0 aliphatic rings. The van der Waals surface area contributed by atoms with E-state index in [1.807, 2.05) is 98.7 Å². The van der Waals surface area contributed by atoms with Crippen molar-refractivity contribution in [3.8, 4) is 0 Å². The molecule has 0 atom stereocenters. The Morgan fingerprint density at radius 2 is 0.780 bits per heavy atom. The molecule has 0 saturated carbocycles. The third-order valence-electron chi connectivity index (χ3n) is 9.08. The minimum atomic E-state index is -3.71. The fraction of sp³-hybridized carbons (Fsp3) is 0.476. The summed E-state index contributed by atoms with van der Waals surface area (Å²) in [5.41, 5.74) is 4.72. The minimum Gasteiger partial charge on any atom is -0.378 e. The fourth-order valence-corrected chi connectivity index (χ4v) is 9.09. The number of rotatable bonds is 22. The van der Waals surface area contributed by atoms with Crippen molar-refractivity contribution in [1.29, 1.82) is 0 Å². The highest BCUT2D eigenvalue weighted by molar-refractivity contribution is 7.92. The minimum absolute atomic E-state index is 0.0243. The third-order valence-corrected chi connectivity index (χ3v) is 12.8.